The first-order valence-corrected chi connectivity index (χ1v) is 3.02. The van der Waals surface area contributed by atoms with Gasteiger partial charge in [-0.25, -0.2) is 0 Å². The Kier molecular flexibility index (Phi) is 7.76. The van der Waals surface area contributed by atoms with Gasteiger partial charge in [0.1, 0.15) is 11.9 Å². The fourth-order valence-electron chi connectivity index (χ4n) is 0.446. The molecule has 1 N–H and O–H groups in total. The Balaban J connectivity index is 0. The van der Waals surface area contributed by atoms with Crippen molar-refractivity contribution >= 4 is 5.78 Å². The van der Waals surface area contributed by atoms with E-state index in [1.54, 1.807) is 6.92 Å². The summed E-state index contributed by atoms with van der Waals surface area (Å²) in [4.78, 5) is 10.4. The van der Waals surface area contributed by atoms with Gasteiger partial charge >= 0.3 is 0 Å². The number of rotatable bonds is 3. The van der Waals surface area contributed by atoms with E-state index in [0.29, 0.717) is 0 Å². The van der Waals surface area contributed by atoms with Gasteiger partial charge in [0.2, 0.25) is 0 Å². The second-order valence-electron chi connectivity index (χ2n) is 2.06. The first kappa shape index (κ1) is 13.3. The third-order valence-corrected chi connectivity index (χ3v) is 1.12. The Morgan fingerprint density at radius 3 is 2.36 bits per heavy atom. The molecule has 11 heavy (non-hydrogen) atoms. The van der Waals surface area contributed by atoms with Crippen LogP contribution < -0.4 is 0 Å². The Labute approximate surface area is 77.2 Å². The number of aliphatic hydroxyl groups is 1. The van der Waals surface area contributed by atoms with Gasteiger partial charge in [-0.1, -0.05) is 0 Å². The zero-order valence-electron chi connectivity index (χ0n) is 6.83. The van der Waals surface area contributed by atoms with Crippen LogP contribution in [-0.2, 0) is 26.9 Å². The van der Waals surface area contributed by atoms with E-state index >= 15 is 0 Å². The third-order valence-electron chi connectivity index (χ3n) is 1.12. The molecule has 0 saturated carbocycles. The van der Waals surface area contributed by atoms with Crippen LogP contribution in [0.4, 0.5) is 0 Å². The van der Waals surface area contributed by atoms with Gasteiger partial charge in [0.25, 0.3) is 0 Å². The maximum Gasteiger partial charge on any atom is 0.156 e. The van der Waals surface area contributed by atoms with Gasteiger partial charge in [-0.05, 0) is 13.8 Å². The van der Waals surface area contributed by atoms with Crippen LogP contribution in [0.1, 0.15) is 13.8 Å². The number of carbonyl (C=O) groups is 1. The van der Waals surface area contributed by atoms with Crippen molar-refractivity contribution in [3.05, 3.63) is 11.8 Å². The average Bonchev–Trinajstić information content (AvgIpc) is 1.85. The van der Waals surface area contributed by atoms with E-state index in [0.717, 1.165) is 6.08 Å². The van der Waals surface area contributed by atoms with E-state index in [4.69, 9.17) is 9.84 Å². The van der Waals surface area contributed by atoms with Crippen LogP contribution in [-0.4, -0.2) is 24.1 Å². The molecular formula is C7H12CrO3. The fourth-order valence-corrected chi connectivity index (χ4v) is 0.446. The minimum Gasteiger partial charge on any atom is -0.509 e. The molecule has 0 heterocycles. The summed E-state index contributed by atoms with van der Waals surface area (Å²) in [6, 6.07) is 0. The molecule has 0 aromatic rings. The molecule has 0 spiro atoms. The van der Waals surface area contributed by atoms with Crippen LogP contribution in [0.3, 0.4) is 0 Å². The van der Waals surface area contributed by atoms with E-state index < -0.39 is 6.10 Å². The van der Waals surface area contributed by atoms with Crippen LogP contribution >= 0.6 is 0 Å². The molecule has 4 heteroatoms. The average molecular weight is 196 g/mol. The molecule has 1 atom stereocenters. The number of methoxy groups -OCH3 is 1. The molecule has 3 nitrogen and oxygen atoms in total. The van der Waals surface area contributed by atoms with Gasteiger partial charge in [-0.3, -0.25) is 4.79 Å². The van der Waals surface area contributed by atoms with Gasteiger partial charge in [0.05, 0.1) is 0 Å². The van der Waals surface area contributed by atoms with Crippen molar-refractivity contribution < 1.29 is 32.0 Å². The molecule has 0 aromatic heterocycles. The summed E-state index contributed by atoms with van der Waals surface area (Å²) >= 11 is 0. The molecule has 0 fully saturated rings. The molecule has 0 aromatic carbocycles. The Bertz CT molecular complexity index is 154. The van der Waals surface area contributed by atoms with Crippen molar-refractivity contribution in [2.45, 2.75) is 20.0 Å². The summed E-state index contributed by atoms with van der Waals surface area (Å²) < 4.78 is 4.74. The predicted molar refractivity (Wildman–Crippen MR) is 37.9 cm³/mol. The Morgan fingerprint density at radius 1 is 1.64 bits per heavy atom. The molecule has 1 unspecified atom stereocenters. The molecule has 0 bridgehead atoms. The summed E-state index contributed by atoms with van der Waals surface area (Å²) in [5.41, 5.74) is 0. The molecule has 0 aliphatic carbocycles. The SMILES string of the molecule is COC(C)/C(O)=C/C(C)=O.[Cr]. The summed E-state index contributed by atoms with van der Waals surface area (Å²) in [5, 5.41) is 9.00. The zero-order chi connectivity index (χ0) is 8.15. The molecule has 0 rings (SSSR count). The summed E-state index contributed by atoms with van der Waals surface area (Å²) in [6.07, 6.45) is 0.748. The van der Waals surface area contributed by atoms with Crippen LogP contribution in [0.5, 0.6) is 0 Å². The molecular weight excluding hydrogens is 184 g/mol. The van der Waals surface area contributed by atoms with Crippen LogP contribution in [0.15, 0.2) is 11.8 Å². The molecule has 0 amide bonds. The maximum atomic E-state index is 10.4. The molecule has 0 radical (unpaired) electrons. The topological polar surface area (TPSA) is 46.5 Å². The minimum absolute atomic E-state index is 0. The van der Waals surface area contributed by atoms with Crippen molar-refractivity contribution in [2.24, 2.45) is 0 Å². The number of aliphatic hydroxyl groups excluding tert-OH is 1. The van der Waals surface area contributed by atoms with Gasteiger partial charge in [0, 0.05) is 30.5 Å². The van der Waals surface area contributed by atoms with E-state index in [1.165, 1.54) is 14.0 Å². The van der Waals surface area contributed by atoms with Gasteiger partial charge in [-0.15, -0.1) is 0 Å². The van der Waals surface area contributed by atoms with Gasteiger partial charge in [-0.2, -0.15) is 0 Å². The number of ether oxygens (including phenoxy) is 1. The Morgan fingerprint density at radius 2 is 2.09 bits per heavy atom. The van der Waals surface area contributed by atoms with Crippen LogP contribution in [0, 0.1) is 0 Å². The van der Waals surface area contributed by atoms with E-state index in [2.05, 4.69) is 0 Å². The van der Waals surface area contributed by atoms with Crippen molar-refractivity contribution in [3.8, 4) is 0 Å². The fraction of sp³-hybridized carbons (Fsp3) is 0.571. The number of ketones is 1. The first-order valence-electron chi connectivity index (χ1n) is 3.02. The number of hydrogen-bond acceptors (Lipinski definition) is 3. The van der Waals surface area contributed by atoms with E-state index in [-0.39, 0.29) is 28.9 Å². The first-order chi connectivity index (χ1) is 4.57. The van der Waals surface area contributed by atoms with Gasteiger partial charge in [0.15, 0.2) is 5.78 Å². The van der Waals surface area contributed by atoms with Gasteiger partial charge < -0.3 is 9.84 Å². The summed E-state index contributed by atoms with van der Waals surface area (Å²) in [6.45, 7) is 3.04. The smallest absolute Gasteiger partial charge is 0.156 e. The van der Waals surface area contributed by atoms with Crippen molar-refractivity contribution in [2.75, 3.05) is 7.11 Å². The van der Waals surface area contributed by atoms with E-state index in [9.17, 15) is 4.79 Å². The standard InChI is InChI=1S/C7H12O3.Cr/c1-5(8)4-7(9)6(2)10-3;/h4,6,9H,1-3H3;/b7-4-;. The monoisotopic (exact) mass is 196 g/mol. The molecule has 0 saturated heterocycles. The van der Waals surface area contributed by atoms with E-state index in [1.807, 2.05) is 0 Å². The number of carbonyl (C=O) groups excluding carboxylic acids is 1. The van der Waals surface area contributed by atoms with Crippen LogP contribution in [0.2, 0.25) is 0 Å². The second-order valence-corrected chi connectivity index (χ2v) is 2.06. The number of hydrogen-bond donors (Lipinski definition) is 1. The Hall–Kier alpha value is -0.298. The third kappa shape index (κ3) is 6.11. The normalized spacial score (nSPS) is 13.5. The van der Waals surface area contributed by atoms with Crippen molar-refractivity contribution in [1.29, 1.82) is 0 Å². The molecule has 64 valence electrons. The second kappa shape index (κ2) is 6.42. The van der Waals surface area contributed by atoms with Crippen molar-refractivity contribution in [1.82, 2.24) is 0 Å². The quantitative estimate of drug-likeness (QED) is 0.542. The zero-order valence-corrected chi connectivity index (χ0v) is 8.10. The maximum absolute atomic E-state index is 10.4. The minimum atomic E-state index is -0.399. The molecule has 0 aliphatic heterocycles. The summed E-state index contributed by atoms with van der Waals surface area (Å²) in [7, 11) is 1.47. The summed E-state index contributed by atoms with van der Waals surface area (Å²) in [5.74, 6) is -0.212. The van der Waals surface area contributed by atoms with Crippen molar-refractivity contribution in [3.63, 3.8) is 0 Å². The van der Waals surface area contributed by atoms with Crippen LogP contribution in [0.25, 0.3) is 0 Å². The largest absolute Gasteiger partial charge is 0.509 e. The number of allylic oxidation sites excluding steroid dienone is 1. The molecule has 0 aliphatic rings. The predicted octanol–water partition coefficient (Wildman–Crippen LogP) is 1.05.